The molecule has 8 nitrogen and oxygen atoms in total. The number of likely N-dealkylation sites (N-methyl/N-ethyl adjacent to an activating group) is 1. The molecule has 2 aliphatic heterocycles. The van der Waals surface area contributed by atoms with E-state index in [4.69, 9.17) is 22.7 Å². The van der Waals surface area contributed by atoms with E-state index in [1.54, 1.807) is 4.90 Å². The van der Waals surface area contributed by atoms with Crippen molar-refractivity contribution < 1.29 is 24.2 Å². The number of nitrogens with zero attached hydrogens (tertiary/aromatic N) is 2. The molecule has 132 valence electrons. The van der Waals surface area contributed by atoms with E-state index in [2.05, 4.69) is 0 Å². The highest BCUT2D eigenvalue weighted by atomic mass is 32.2. The highest BCUT2D eigenvalue weighted by Crippen LogP contribution is 2.42. The number of thioether (sulfide) groups is 1. The summed E-state index contributed by atoms with van der Waals surface area (Å²) in [4.78, 5) is 38.6. The average molecular weight is 373 g/mol. The molecular formula is C14H19N3O5S2. The predicted molar refractivity (Wildman–Crippen MR) is 92.2 cm³/mol. The molecule has 2 rings (SSSR count). The van der Waals surface area contributed by atoms with Gasteiger partial charge in [0, 0.05) is 31.3 Å². The molecular weight excluding hydrogens is 354 g/mol. The number of aliphatic carboxylic acids is 1. The second-order valence-electron chi connectivity index (χ2n) is 5.28. The molecule has 2 aliphatic rings. The number of thiocarbonyl (C=S) groups is 1. The topological polar surface area (TPSA) is 113 Å². The van der Waals surface area contributed by atoms with Crippen molar-refractivity contribution >= 4 is 46.8 Å². The van der Waals surface area contributed by atoms with Crippen LogP contribution in [0.5, 0.6) is 0 Å². The van der Waals surface area contributed by atoms with Crippen molar-refractivity contribution in [1.29, 1.82) is 0 Å². The fraction of sp³-hybridized carbons (Fsp3) is 0.571. The third-order valence-corrected chi connectivity index (χ3v) is 5.57. The average Bonchev–Trinajstić information content (AvgIpc) is 2.55. The van der Waals surface area contributed by atoms with Crippen LogP contribution in [0.3, 0.4) is 0 Å². The van der Waals surface area contributed by atoms with Gasteiger partial charge in [0.25, 0.3) is 5.91 Å². The zero-order chi connectivity index (χ0) is 18.0. The van der Waals surface area contributed by atoms with Crippen LogP contribution in [0.25, 0.3) is 0 Å². The van der Waals surface area contributed by atoms with E-state index in [1.807, 2.05) is 6.92 Å². The molecule has 0 aromatic heterocycles. The lowest BCUT2D eigenvalue weighted by Gasteiger charge is -2.53. The lowest BCUT2D eigenvalue weighted by atomic mass is 10.0. The molecule has 0 spiro atoms. The van der Waals surface area contributed by atoms with Gasteiger partial charge in [-0.05, 0) is 6.92 Å². The van der Waals surface area contributed by atoms with Gasteiger partial charge in [0.2, 0.25) is 0 Å². The predicted octanol–water partition coefficient (Wildman–Crippen LogP) is -0.220. The van der Waals surface area contributed by atoms with Crippen LogP contribution >= 0.6 is 24.0 Å². The van der Waals surface area contributed by atoms with E-state index in [-0.39, 0.29) is 30.1 Å². The van der Waals surface area contributed by atoms with Gasteiger partial charge in [-0.1, -0.05) is 12.2 Å². The van der Waals surface area contributed by atoms with Crippen molar-refractivity contribution in [2.24, 2.45) is 5.73 Å². The Labute approximate surface area is 149 Å². The molecule has 10 heteroatoms. The summed E-state index contributed by atoms with van der Waals surface area (Å²) >= 11 is 6.64. The van der Waals surface area contributed by atoms with Crippen molar-refractivity contribution in [1.82, 2.24) is 9.80 Å². The fourth-order valence-corrected chi connectivity index (χ4v) is 4.40. The summed E-state index contributed by atoms with van der Waals surface area (Å²) in [5.74, 6) is -1.67. The van der Waals surface area contributed by atoms with Gasteiger partial charge < -0.3 is 20.5 Å². The van der Waals surface area contributed by atoms with Gasteiger partial charge in [-0.3, -0.25) is 14.5 Å². The van der Waals surface area contributed by atoms with E-state index in [0.29, 0.717) is 22.9 Å². The fourth-order valence-electron chi connectivity index (χ4n) is 2.76. The van der Waals surface area contributed by atoms with Crippen molar-refractivity contribution in [3.63, 3.8) is 0 Å². The van der Waals surface area contributed by atoms with E-state index in [9.17, 15) is 19.5 Å². The summed E-state index contributed by atoms with van der Waals surface area (Å²) in [7, 11) is 0. The third kappa shape index (κ3) is 3.26. The normalized spacial score (nSPS) is 22.6. The number of carbonyl (C=O) groups is 3. The lowest BCUT2D eigenvalue weighted by molar-refractivity contribution is -0.152. The quantitative estimate of drug-likeness (QED) is 0.370. The van der Waals surface area contributed by atoms with Crippen LogP contribution in [-0.4, -0.2) is 74.6 Å². The van der Waals surface area contributed by atoms with Crippen LogP contribution in [0.15, 0.2) is 11.3 Å². The molecule has 0 aliphatic carbocycles. The SMILES string of the molecule is CCN(C(=S)CN)[C@@H]1C(=O)N2C(C(=O)O)=C(COC(C)=O)CS[C@@H]12. The molecule has 0 radical (unpaired) electrons. The van der Waals surface area contributed by atoms with E-state index >= 15 is 0 Å². The first-order chi connectivity index (χ1) is 11.3. The van der Waals surface area contributed by atoms with Gasteiger partial charge in [0.15, 0.2) is 0 Å². The Bertz CT molecular complexity index is 622. The molecule has 0 saturated carbocycles. The summed E-state index contributed by atoms with van der Waals surface area (Å²) in [6.07, 6.45) is 0. The highest BCUT2D eigenvalue weighted by Gasteiger charge is 2.56. The molecule has 3 N–H and O–H groups in total. The number of rotatable bonds is 6. The summed E-state index contributed by atoms with van der Waals surface area (Å²) in [6, 6.07) is -0.513. The number of carbonyl (C=O) groups excluding carboxylic acids is 2. The molecule has 0 aromatic carbocycles. The second kappa shape index (κ2) is 7.49. The van der Waals surface area contributed by atoms with Crippen LogP contribution in [0.2, 0.25) is 0 Å². The third-order valence-electron chi connectivity index (χ3n) is 3.84. The maximum absolute atomic E-state index is 12.6. The van der Waals surface area contributed by atoms with Crippen LogP contribution < -0.4 is 5.73 Å². The number of esters is 1. The number of hydrogen-bond acceptors (Lipinski definition) is 7. The van der Waals surface area contributed by atoms with Gasteiger partial charge in [-0.15, -0.1) is 11.8 Å². The largest absolute Gasteiger partial charge is 0.477 e. The summed E-state index contributed by atoms with van der Waals surface area (Å²) in [5.41, 5.74) is 5.89. The van der Waals surface area contributed by atoms with Gasteiger partial charge >= 0.3 is 11.9 Å². The van der Waals surface area contributed by atoms with Gasteiger partial charge in [0.1, 0.15) is 23.7 Å². The Kier molecular flexibility index (Phi) is 5.83. The Hall–Kier alpha value is -1.65. The zero-order valence-corrected chi connectivity index (χ0v) is 15.0. The molecule has 1 saturated heterocycles. The Balaban J connectivity index is 2.27. The van der Waals surface area contributed by atoms with Crippen LogP contribution in [0.1, 0.15) is 13.8 Å². The summed E-state index contributed by atoms with van der Waals surface area (Å²) < 4.78 is 4.90. The summed E-state index contributed by atoms with van der Waals surface area (Å²) in [6.45, 7) is 3.65. The van der Waals surface area contributed by atoms with Crippen molar-refractivity contribution in [3.05, 3.63) is 11.3 Å². The van der Waals surface area contributed by atoms with Crippen molar-refractivity contribution in [2.45, 2.75) is 25.3 Å². The first-order valence-corrected chi connectivity index (χ1v) is 8.82. The monoisotopic (exact) mass is 373 g/mol. The van der Waals surface area contributed by atoms with Crippen molar-refractivity contribution in [2.75, 3.05) is 25.4 Å². The van der Waals surface area contributed by atoms with E-state index < -0.39 is 18.0 Å². The number of fused-ring (bicyclic) bond motifs is 1. The number of β-lactam (4-membered cyclic amide) rings is 1. The molecule has 1 amide bonds. The minimum absolute atomic E-state index is 0.101. The first-order valence-electron chi connectivity index (χ1n) is 7.36. The zero-order valence-electron chi connectivity index (χ0n) is 13.4. The Morgan fingerprint density at radius 1 is 1.54 bits per heavy atom. The number of carboxylic acid groups (broad SMARTS) is 1. The Morgan fingerprint density at radius 2 is 2.21 bits per heavy atom. The molecule has 0 aromatic rings. The van der Waals surface area contributed by atoms with E-state index in [1.165, 1.54) is 23.6 Å². The van der Waals surface area contributed by atoms with Gasteiger partial charge in [-0.25, -0.2) is 4.79 Å². The lowest BCUT2D eigenvalue weighted by Crippen LogP contribution is -2.71. The van der Waals surface area contributed by atoms with Crippen LogP contribution in [0, 0.1) is 0 Å². The minimum atomic E-state index is -1.21. The minimum Gasteiger partial charge on any atom is -0.477 e. The van der Waals surface area contributed by atoms with Crippen LogP contribution in [0.4, 0.5) is 0 Å². The molecule has 2 heterocycles. The maximum atomic E-state index is 12.6. The number of nitrogens with two attached hydrogens (primary N) is 1. The van der Waals surface area contributed by atoms with Gasteiger partial charge in [-0.2, -0.15) is 0 Å². The van der Waals surface area contributed by atoms with Crippen molar-refractivity contribution in [3.8, 4) is 0 Å². The standard InChI is InChI=1S/C14H19N3O5S2/c1-3-16(9(23)4-15)11-12(19)17-10(14(20)21)8(5-22-7(2)18)6-24-13(11)17/h11,13H,3-6,15H2,1-2H3,(H,20,21)/t11-,13+/m1/s1. The molecule has 0 bridgehead atoms. The highest BCUT2D eigenvalue weighted by molar-refractivity contribution is 8.00. The van der Waals surface area contributed by atoms with E-state index in [0.717, 1.165) is 0 Å². The molecule has 1 fully saturated rings. The first kappa shape index (κ1) is 18.7. The van der Waals surface area contributed by atoms with Crippen LogP contribution in [-0.2, 0) is 19.1 Å². The Morgan fingerprint density at radius 3 is 2.71 bits per heavy atom. The number of hydrogen-bond donors (Lipinski definition) is 2. The maximum Gasteiger partial charge on any atom is 0.352 e. The van der Waals surface area contributed by atoms with Gasteiger partial charge in [0.05, 0.1) is 4.99 Å². The summed E-state index contributed by atoms with van der Waals surface area (Å²) in [5, 5.41) is 9.15. The second-order valence-corrected chi connectivity index (χ2v) is 6.85. The molecule has 24 heavy (non-hydrogen) atoms. The number of ether oxygens (including phenoxy) is 1. The number of carboxylic acids is 1. The molecule has 0 unspecified atom stereocenters. The smallest absolute Gasteiger partial charge is 0.352 e. The number of amides is 1. The molecule has 2 atom stereocenters.